The van der Waals surface area contributed by atoms with Gasteiger partial charge in [-0.1, -0.05) is 6.92 Å². The van der Waals surface area contributed by atoms with Crippen LogP contribution in [0.5, 0.6) is 0 Å². The molecular formula is C13H22N4OS. The zero-order valence-electron chi connectivity index (χ0n) is 11.8. The van der Waals surface area contributed by atoms with E-state index in [9.17, 15) is 4.79 Å². The predicted octanol–water partition coefficient (Wildman–Crippen LogP) is 1.37. The van der Waals surface area contributed by atoms with Gasteiger partial charge in [-0.3, -0.25) is 9.69 Å². The Morgan fingerprint density at radius 2 is 2.42 bits per heavy atom. The minimum Gasteiger partial charge on any atom is -0.347 e. The van der Waals surface area contributed by atoms with Crippen LogP contribution in [-0.2, 0) is 4.79 Å². The number of aromatic amines is 1. The molecule has 0 bridgehead atoms. The van der Waals surface area contributed by atoms with E-state index >= 15 is 0 Å². The van der Waals surface area contributed by atoms with E-state index in [0.29, 0.717) is 11.7 Å². The van der Waals surface area contributed by atoms with Crippen molar-refractivity contribution in [2.24, 2.45) is 0 Å². The Morgan fingerprint density at radius 3 is 3.05 bits per heavy atom. The van der Waals surface area contributed by atoms with Crippen LogP contribution < -0.4 is 0 Å². The molecule has 2 heterocycles. The predicted molar refractivity (Wildman–Crippen MR) is 78.1 cm³/mol. The van der Waals surface area contributed by atoms with Crippen LogP contribution in [0.3, 0.4) is 0 Å². The van der Waals surface area contributed by atoms with Crippen LogP contribution in [0.4, 0.5) is 0 Å². The first-order chi connectivity index (χ1) is 9.11. The fourth-order valence-electron chi connectivity index (χ4n) is 2.31. The molecule has 0 aromatic carbocycles. The third-order valence-electron chi connectivity index (χ3n) is 3.70. The van der Waals surface area contributed by atoms with Crippen molar-refractivity contribution in [2.75, 3.05) is 32.9 Å². The van der Waals surface area contributed by atoms with E-state index in [1.54, 1.807) is 18.0 Å². The second-order valence-electron chi connectivity index (χ2n) is 5.06. The quantitative estimate of drug-likeness (QED) is 0.906. The average Bonchev–Trinajstić information content (AvgIpc) is 2.92. The molecule has 1 amide bonds. The van der Waals surface area contributed by atoms with Crippen molar-refractivity contribution in [3.05, 3.63) is 18.2 Å². The largest absolute Gasteiger partial charge is 0.347 e. The van der Waals surface area contributed by atoms with Crippen molar-refractivity contribution in [3.8, 4) is 0 Å². The van der Waals surface area contributed by atoms with Gasteiger partial charge in [-0.2, -0.15) is 11.8 Å². The van der Waals surface area contributed by atoms with Crippen LogP contribution >= 0.6 is 11.8 Å². The van der Waals surface area contributed by atoms with Gasteiger partial charge in [0.15, 0.2) is 0 Å². The molecule has 1 N–H and O–H groups in total. The lowest BCUT2D eigenvalue weighted by Gasteiger charge is -2.38. The van der Waals surface area contributed by atoms with Gasteiger partial charge in [-0.15, -0.1) is 0 Å². The Hall–Kier alpha value is -1.01. The number of piperazine rings is 1. The molecule has 1 fully saturated rings. The smallest absolute Gasteiger partial charge is 0.223 e. The number of nitrogens with one attached hydrogen (secondary N) is 1. The van der Waals surface area contributed by atoms with Gasteiger partial charge < -0.3 is 9.88 Å². The lowest BCUT2D eigenvalue weighted by atomic mass is 10.1. The van der Waals surface area contributed by atoms with Crippen molar-refractivity contribution < 1.29 is 4.79 Å². The normalized spacial score (nSPS) is 22.5. The summed E-state index contributed by atoms with van der Waals surface area (Å²) in [6.45, 7) is 4.53. The van der Waals surface area contributed by atoms with Crippen LogP contribution in [0.1, 0.15) is 25.2 Å². The van der Waals surface area contributed by atoms with E-state index in [-0.39, 0.29) is 11.9 Å². The maximum absolute atomic E-state index is 12.3. The second-order valence-corrected chi connectivity index (χ2v) is 6.34. The summed E-state index contributed by atoms with van der Waals surface area (Å²) >= 11 is 1.74. The molecule has 1 aromatic heterocycles. The van der Waals surface area contributed by atoms with Crippen LogP contribution in [0.15, 0.2) is 12.4 Å². The van der Waals surface area contributed by atoms with Crippen molar-refractivity contribution >= 4 is 17.7 Å². The first-order valence-corrected chi connectivity index (χ1v) is 7.90. The first-order valence-electron chi connectivity index (χ1n) is 6.62. The van der Waals surface area contributed by atoms with E-state index in [4.69, 9.17) is 0 Å². The van der Waals surface area contributed by atoms with Gasteiger partial charge in [-0.25, -0.2) is 4.98 Å². The molecule has 0 saturated carbocycles. The number of H-pyrrole nitrogens is 1. The number of carbonyl (C=O) groups is 1. The molecule has 0 spiro atoms. The van der Waals surface area contributed by atoms with Crippen molar-refractivity contribution in [2.45, 2.75) is 24.6 Å². The molecule has 1 saturated heterocycles. The van der Waals surface area contributed by atoms with E-state index in [0.717, 1.165) is 25.5 Å². The molecule has 0 aliphatic carbocycles. The SMILES string of the molecule is CS[C@@H](C)CC(=O)N1CCN(C)[C@@H](c2ncc[nH]2)C1. The molecule has 1 aliphatic heterocycles. The summed E-state index contributed by atoms with van der Waals surface area (Å²) in [6, 6.07) is 0.178. The molecule has 19 heavy (non-hydrogen) atoms. The summed E-state index contributed by atoms with van der Waals surface area (Å²) in [5.74, 6) is 1.20. The highest BCUT2D eigenvalue weighted by Crippen LogP contribution is 2.22. The summed E-state index contributed by atoms with van der Waals surface area (Å²) in [4.78, 5) is 24.0. The van der Waals surface area contributed by atoms with Crippen LogP contribution in [-0.4, -0.2) is 63.9 Å². The Bertz CT molecular complexity index is 409. The minimum absolute atomic E-state index is 0.178. The highest BCUT2D eigenvalue weighted by Gasteiger charge is 2.30. The Kier molecular flexibility index (Phi) is 4.87. The number of hydrogen-bond acceptors (Lipinski definition) is 4. The number of rotatable bonds is 4. The van der Waals surface area contributed by atoms with Gasteiger partial charge in [0, 0.05) is 43.7 Å². The van der Waals surface area contributed by atoms with Crippen molar-refractivity contribution in [1.82, 2.24) is 19.8 Å². The highest BCUT2D eigenvalue weighted by atomic mass is 32.2. The van der Waals surface area contributed by atoms with Crippen molar-refractivity contribution in [1.29, 1.82) is 0 Å². The van der Waals surface area contributed by atoms with Crippen LogP contribution in [0.2, 0.25) is 0 Å². The van der Waals surface area contributed by atoms with E-state index in [1.165, 1.54) is 0 Å². The minimum atomic E-state index is 0.178. The van der Waals surface area contributed by atoms with Gasteiger partial charge in [0.05, 0.1) is 6.04 Å². The topological polar surface area (TPSA) is 52.2 Å². The summed E-state index contributed by atoms with van der Waals surface area (Å²) in [6.07, 6.45) is 6.27. The van der Waals surface area contributed by atoms with Crippen LogP contribution in [0, 0.1) is 0 Å². The molecule has 1 aliphatic rings. The standard InChI is InChI=1S/C13H22N4OS/c1-10(19-3)8-12(18)17-7-6-16(2)11(9-17)13-14-4-5-15-13/h4-5,10-11H,6-9H2,1-3H3,(H,14,15)/t10-,11+/m0/s1. The van der Waals surface area contributed by atoms with E-state index < -0.39 is 0 Å². The number of nitrogens with zero attached hydrogens (tertiary/aromatic N) is 3. The molecular weight excluding hydrogens is 260 g/mol. The molecule has 0 radical (unpaired) electrons. The van der Waals surface area contributed by atoms with Gasteiger partial charge in [0.1, 0.15) is 5.82 Å². The Labute approximate surface area is 118 Å². The molecule has 5 nitrogen and oxygen atoms in total. The number of amides is 1. The number of likely N-dealkylation sites (N-methyl/N-ethyl adjacent to an activating group) is 1. The highest BCUT2D eigenvalue weighted by molar-refractivity contribution is 7.99. The summed E-state index contributed by atoms with van der Waals surface area (Å²) in [7, 11) is 2.08. The third kappa shape index (κ3) is 3.51. The number of aromatic nitrogens is 2. The molecule has 1 aromatic rings. The van der Waals surface area contributed by atoms with Gasteiger partial charge in [-0.05, 0) is 13.3 Å². The second kappa shape index (κ2) is 6.43. The number of carbonyl (C=O) groups excluding carboxylic acids is 1. The zero-order valence-corrected chi connectivity index (χ0v) is 12.6. The average molecular weight is 282 g/mol. The number of hydrogen-bond donors (Lipinski definition) is 1. The van der Waals surface area contributed by atoms with Gasteiger partial charge in [0.2, 0.25) is 5.91 Å². The molecule has 6 heteroatoms. The van der Waals surface area contributed by atoms with Crippen LogP contribution in [0.25, 0.3) is 0 Å². The van der Waals surface area contributed by atoms with E-state index in [2.05, 4.69) is 28.8 Å². The monoisotopic (exact) mass is 282 g/mol. The summed E-state index contributed by atoms with van der Waals surface area (Å²) in [5, 5.41) is 0.384. The van der Waals surface area contributed by atoms with Gasteiger partial charge >= 0.3 is 0 Å². The number of imidazole rings is 1. The Morgan fingerprint density at radius 1 is 1.63 bits per heavy atom. The Balaban J connectivity index is 1.99. The molecule has 2 atom stereocenters. The summed E-state index contributed by atoms with van der Waals surface area (Å²) < 4.78 is 0. The van der Waals surface area contributed by atoms with Crippen molar-refractivity contribution in [3.63, 3.8) is 0 Å². The fraction of sp³-hybridized carbons (Fsp3) is 0.692. The maximum atomic E-state index is 12.3. The summed E-state index contributed by atoms with van der Waals surface area (Å²) in [5.41, 5.74) is 0. The molecule has 0 unspecified atom stereocenters. The van der Waals surface area contributed by atoms with E-state index in [1.807, 2.05) is 17.4 Å². The number of thioether (sulfide) groups is 1. The fourth-order valence-corrected chi connectivity index (χ4v) is 2.62. The lowest BCUT2D eigenvalue weighted by molar-refractivity contribution is -0.134. The zero-order chi connectivity index (χ0) is 13.8. The third-order valence-corrected chi connectivity index (χ3v) is 4.67. The van der Waals surface area contributed by atoms with Gasteiger partial charge in [0.25, 0.3) is 0 Å². The molecule has 106 valence electrons. The molecule has 2 rings (SSSR count). The lowest BCUT2D eigenvalue weighted by Crippen LogP contribution is -2.49. The maximum Gasteiger partial charge on any atom is 0.223 e. The first kappa shape index (κ1) is 14.4.